The monoisotopic (exact) mass is 275 g/mol. The molecule has 6 heteroatoms. The lowest BCUT2D eigenvalue weighted by molar-refractivity contribution is -0.122. The van der Waals surface area contributed by atoms with Crippen LogP contribution in [0.25, 0.3) is 10.9 Å². The SMILES string of the molecule is CCC(C)NC(=O)Cn1c(=O)[nH]c2ccccc2c1=O. The predicted molar refractivity (Wildman–Crippen MR) is 76.7 cm³/mol. The Morgan fingerprint density at radius 1 is 1.35 bits per heavy atom. The van der Waals surface area contributed by atoms with Crippen LogP contribution >= 0.6 is 0 Å². The Kier molecular flexibility index (Phi) is 4.02. The molecular formula is C14H17N3O3. The number of aromatic nitrogens is 2. The van der Waals surface area contributed by atoms with Crippen molar-refractivity contribution < 1.29 is 4.79 Å². The number of amides is 1. The molecule has 1 aromatic heterocycles. The molecule has 0 saturated carbocycles. The van der Waals surface area contributed by atoms with Gasteiger partial charge in [-0.3, -0.25) is 14.2 Å². The number of hydrogen-bond donors (Lipinski definition) is 2. The molecule has 0 fully saturated rings. The van der Waals surface area contributed by atoms with Crippen LogP contribution in [0.15, 0.2) is 33.9 Å². The number of nitrogens with zero attached hydrogens (tertiary/aromatic N) is 1. The second-order valence-corrected chi connectivity index (χ2v) is 4.74. The number of fused-ring (bicyclic) bond motifs is 1. The Morgan fingerprint density at radius 2 is 2.05 bits per heavy atom. The summed E-state index contributed by atoms with van der Waals surface area (Å²) in [5.41, 5.74) is -0.558. The molecule has 0 radical (unpaired) electrons. The van der Waals surface area contributed by atoms with Gasteiger partial charge in [-0.2, -0.15) is 0 Å². The first-order chi connectivity index (χ1) is 9.52. The minimum absolute atomic E-state index is 0.0118. The molecule has 2 aromatic rings. The summed E-state index contributed by atoms with van der Waals surface area (Å²) in [5, 5.41) is 3.12. The summed E-state index contributed by atoms with van der Waals surface area (Å²) in [6.45, 7) is 3.54. The fourth-order valence-corrected chi connectivity index (χ4v) is 1.91. The van der Waals surface area contributed by atoms with E-state index in [1.165, 1.54) is 0 Å². The molecule has 0 aliphatic heterocycles. The van der Waals surface area contributed by atoms with E-state index in [0.717, 1.165) is 11.0 Å². The molecule has 2 rings (SSSR count). The number of aromatic amines is 1. The van der Waals surface area contributed by atoms with E-state index in [9.17, 15) is 14.4 Å². The molecule has 1 unspecified atom stereocenters. The fraction of sp³-hybridized carbons (Fsp3) is 0.357. The van der Waals surface area contributed by atoms with Gasteiger partial charge in [0.05, 0.1) is 10.9 Å². The zero-order valence-electron chi connectivity index (χ0n) is 11.5. The van der Waals surface area contributed by atoms with Crippen molar-refractivity contribution in [2.24, 2.45) is 0 Å². The van der Waals surface area contributed by atoms with Gasteiger partial charge in [0.25, 0.3) is 5.56 Å². The standard InChI is InChI=1S/C14H17N3O3/c1-3-9(2)15-12(18)8-17-13(19)10-6-4-5-7-11(10)16-14(17)20/h4-7,9H,3,8H2,1-2H3,(H,15,18)(H,16,20). The summed E-state index contributed by atoms with van der Waals surface area (Å²) in [7, 11) is 0. The predicted octanol–water partition coefficient (Wildman–Crippen LogP) is 0.604. The van der Waals surface area contributed by atoms with Crippen molar-refractivity contribution in [1.29, 1.82) is 0 Å². The van der Waals surface area contributed by atoms with Crippen molar-refractivity contribution in [3.63, 3.8) is 0 Å². The van der Waals surface area contributed by atoms with Gasteiger partial charge in [-0.05, 0) is 25.5 Å². The number of para-hydroxylation sites is 1. The maximum Gasteiger partial charge on any atom is 0.329 e. The zero-order chi connectivity index (χ0) is 14.7. The molecule has 0 bridgehead atoms. The van der Waals surface area contributed by atoms with E-state index in [0.29, 0.717) is 10.9 Å². The van der Waals surface area contributed by atoms with Gasteiger partial charge in [0.2, 0.25) is 5.91 Å². The Hall–Kier alpha value is -2.37. The number of rotatable bonds is 4. The number of H-pyrrole nitrogens is 1. The molecule has 1 heterocycles. The molecule has 0 aliphatic carbocycles. The molecule has 1 atom stereocenters. The van der Waals surface area contributed by atoms with Crippen LogP contribution in [0, 0.1) is 0 Å². The van der Waals surface area contributed by atoms with E-state index < -0.39 is 11.2 Å². The molecule has 0 aliphatic rings. The van der Waals surface area contributed by atoms with Crippen molar-refractivity contribution in [3.05, 3.63) is 45.1 Å². The number of carbonyl (C=O) groups excluding carboxylic acids is 1. The smallest absolute Gasteiger partial charge is 0.329 e. The van der Waals surface area contributed by atoms with Gasteiger partial charge < -0.3 is 10.3 Å². The second kappa shape index (κ2) is 5.73. The lowest BCUT2D eigenvalue weighted by atomic mass is 10.2. The van der Waals surface area contributed by atoms with Crippen molar-refractivity contribution in [1.82, 2.24) is 14.9 Å². The molecule has 2 N–H and O–H groups in total. The number of benzene rings is 1. The van der Waals surface area contributed by atoms with E-state index in [-0.39, 0.29) is 18.5 Å². The van der Waals surface area contributed by atoms with Crippen LogP contribution in [0.4, 0.5) is 0 Å². The zero-order valence-corrected chi connectivity index (χ0v) is 11.5. The van der Waals surface area contributed by atoms with Gasteiger partial charge in [0.1, 0.15) is 6.54 Å². The Morgan fingerprint density at radius 3 is 2.75 bits per heavy atom. The Labute approximate surface area is 115 Å². The molecule has 20 heavy (non-hydrogen) atoms. The first-order valence-corrected chi connectivity index (χ1v) is 6.54. The van der Waals surface area contributed by atoms with E-state index in [1.54, 1.807) is 24.3 Å². The van der Waals surface area contributed by atoms with Crippen LogP contribution < -0.4 is 16.6 Å². The molecule has 106 valence electrons. The minimum atomic E-state index is -0.576. The maximum atomic E-state index is 12.2. The third-order valence-corrected chi connectivity index (χ3v) is 3.21. The highest BCUT2D eigenvalue weighted by atomic mass is 16.2. The summed E-state index contributed by atoms with van der Waals surface area (Å²) in [6.07, 6.45) is 0.786. The highest BCUT2D eigenvalue weighted by Gasteiger charge is 2.12. The van der Waals surface area contributed by atoms with Gasteiger partial charge in [-0.25, -0.2) is 4.79 Å². The molecular weight excluding hydrogens is 258 g/mol. The van der Waals surface area contributed by atoms with Crippen LogP contribution in [-0.2, 0) is 11.3 Å². The fourth-order valence-electron chi connectivity index (χ4n) is 1.91. The third-order valence-electron chi connectivity index (χ3n) is 3.21. The Bertz CT molecular complexity index is 745. The number of carbonyl (C=O) groups is 1. The van der Waals surface area contributed by atoms with E-state index in [2.05, 4.69) is 10.3 Å². The summed E-state index contributed by atoms with van der Waals surface area (Å²) in [6, 6.07) is 6.74. The maximum absolute atomic E-state index is 12.2. The van der Waals surface area contributed by atoms with Crippen molar-refractivity contribution >= 4 is 16.8 Å². The number of nitrogens with one attached hydrogen (secondary N) is 2. The van der Waals surface area contributed by atoms with Gasteiger partial charge >= 0.3 is 5.69 Å². The van der Waals surface area contributed by atoms with Crippen molar-refractivity contribution in [3.8, 4) is 0 Å². The molecule has 1 amide bonds. The van der Waals surface area contributed by atoms with Crippen LogP contribution in [0.3, 0.4) is 0 Å². The first-order valence-electron chi connectivity index (χ1n) is 6.54. The summed E-state index contributed by atoms with van der Waals surface area (Å²) in [4.78, 5) is 38.5. The molecule has 1 aromatic carbocycles. The van der Waals surface area contributed by atoms with Crippen molar-refractivity contribution in [2.75, 3.05) is 0 Å². The van der Waals surface area contributed by atoms with E-state index >= 15 is 0 Å². The average molecular weight is 275 g/mol. The highest BCUT2D eigenvalue weighted by Crippen LogP contribution is 2.02. The van der Waals surface area contributed by atoms with Gasteiger partial charge in [-0.1, -0.05) is 19.1 Å². The lowest BCUT2D eigenvalue weighted by Crippen LogP contribution is -2.42. The van der Waals surface area contributed by atoms with Gasteiger partial charge in [0.15, 0.2) is 0 Å². The van der Waals surface area contributed by atoms with Crippen LogP contribution in [0.1, 0.15) is 20.3 Å². The summed E-state index contributed by atoms with van der Waals surface area (Å²) >= 11 is 0. The van der Waals surface area contributed by atoms with Crippen molar-refractivity contribution in [2.45, 2.75) is 32.9 Å². The van der Waals surface area contributed by atoms with Gasteiger partial charge in [-0.15, -0.1) is 0 Å². The molecule has 6 nitrogen and oxygen atoms in total. The quantitative estimate of drug-likeness (QED) is 0.857. The molecule has 0 spiro atoms. The average Bonchev–Trinajstić information content (AvgIpc) is 2.43. The van der Waals surface area contributed by atoms with Gasteiger partial charge in [0, 0.05) is 6.04 Å². The Balaban J connectivity index is 2.38. The second-order valence-electron chi connectivity index (χ2n) is 4.74. The lowest BCUT2D eigenvalue weighted by Gasteiger charge is -2.12. The summed E-state index contributed by atoms with van der Waals surface area (Å²) in [5.74, 6) is -0.345. The molecule has 0 saturated heterocycles. The van der Waals surface area contributed by atoms with Crippen LogP contribution in [0.2, 0.25) is 0 Å². The number of hydrogen-bond acceptors (Lipinski definition) is 3. The van der Waals surface area contributed by atoms with Crippen LogP contribution in [-0.4, -0.2) is 21.5 Å². The first kappa shape index (κ1) is 14.0. The van der Waals surface area contributed by atoms with E-state index in [1.807, 2.05) is 13.8 Å². The topological polar surface area (TPSA) is 84.0 Å². The minimum Gasteiger partial charge on any atom is -0.352 e. The largest absolute Gasteiger partial charge is 0.352 e. The highest BCUT2D eigenvalue weighted by molar-refractivity contribution is 5.78. The van der Waals surface area contributed by atoms with E-state index in [4.69, 9.17) is 0 Å². The summed E-state index contributed by atoms with van der Waals surface area (Å²) < 4.78 is 0.917. The normalized spacial score (nSPS) is 12.3. The van der Waals surface area contributed by atoms with Crippen LogP contribution in [0.5, 0.6) is 0 Å². The third kappa shape index (κ3) is 2.79.